The Morgan fingerprint density at radius 1 is 0.639 bits per heavy atom. The molecule has 0 aliphatic heterocycles. The summed E-state index contributed by atoms with van der Waals surface area (Å²) in [6.45, 7) is 3.54. The van der Waals surface area contributed by atoms with Crippen molar-refractivity contribution in [2.24, 2.45) is 0 Å². The van der Waals surface area contributed by atoms with Gasteiger partial charge in [-0.3, -0.25) is 9.35 Å². The number of rotatable bonds is 27. The van der Waals surface area contributed by atoms with E-state index in [1.165, 1.54) is 135 Å². The molecule has 0 radical (unpaired) electrons. The van der Waals surface area contributed by atoms with Crippen LogP contribution in [0.15, 0.2) is 0 Å². The molecule has 0 aromatic carbocycles. The van der Waals surface area contributed by atoms with Crippen LogP contribution in [0.3, 0.4) is 0 Å². The maximum absolute atomic E-state index is 11.1. The van der Waals surface area contributed by atoms with Gasteiger partial charge in [-0.2, -0.15) is 8.42 Å². The van der Waals surface area contributed by atoms with Crippen LogP contribution in [0.2, 0.25) is 0 Å². The Kier molecular flexibility index (Phi) is 31.6. The fourth-order valence-corrected chi connectivity index (χ4v) is 5.51. The summed E-state index contributed by atoms with van der Waals surface area (Å²) in [6.07, 6.45) is 30.4. The summed E-state index contributed by atoms with van der Waals surface area (Å²) in [6, 6.07) is 0. The molecule has 0 saturated carbocycles. The molecule has 0 aliphatic rings. The van der Waals surface area contributed by atoms with Crippen molar-refractivity contribution in [3.05, 3.63) is 0 Å². The summed E-state index contributed by atoms with van der Waals surface area (Å²) in [7, 11) is -4.12. The van der Waals surface area contributed by atoms with Gasteiger partial charge in [-0.25, -0.2) is 0 Å². The van der Waals surface area contributed by atoms with E-state index < -0.39 is 27.9 Å². The monoisotopic (exact) mass is 558 g/mol. The SMILES string of the molecule is CCCCCCCCCCCCCCCCCCCCCCCCCC(CS(=O)(=O)O)OC(C)=O.[H-].[K+]. The molecule has 5 nitrogen and oxygen atoms in total. The number of esters is 1. The van der Waals surface area contributed by atoms with Crippen molar-refractivity contribution in [2.75, 3.05) is 5.75 Å². The first kappa shape index (κ1) is 39.2. The maximum Gasteiger partial charge on any atom is 1.00 e. The first-order valence-electron chi connectivity index (χ1n) is 15.0. The van der Waals surface area contributed by atoms with E-state index in [1.807, 2.05) is 0 Å². The summed E-state index contributed by atoms with van der Waals surface area (Å²) < 4.78 is 36.0. The van der Waals surface area contributed by atoms with E-state index in [-0.39, 0.29) is 52.8 Å². The van der Waals surface area contributed by atoms with Gasteiger partial charge in [-0.1, -0.05) is 148 Å². The van der Waals surface area contributed by atoms with E-state index in [1.54, 1.807) is 0 Å². The topological polar surface area (TPSA) is 80.7 Å². The third kappa shape index (κ3) is 33.0. The van der Waals surface area contributed by atoms with E-state index in [2.05, 4.69) is 6.92 Å². The first-order valence-corrected chi connectivity index (χ1v) is 16.6. The Bertz CT molecular complexity index is 575. The number of unbranched alkanes of at least 4 members (excludes halogenated alkanes) is 22. The fraction of sp³-hybridized carbons (Fsp3) is 0.966. The summed E-state index contributed by atoms with van der Waals surface area (Å²) in [5.74, 6) is -1.01. The van der Waals surface area contributed by atoms with Crippen LogP contribution in [0.4, 0.5) is 0 Å². The van der Waals surface area contributed by atoms with Gasteiger partial charge in [0.05, 0.1) is 0 Å². The minimum atomic E-state index is -4.12. The van der Waals surface area contributed by atoms with Gasteiger partial charge in [0.2, 0.25) is 0 Å². The number of carbonyl (C=O) groups is 1. The first-order chi connectivity index (χ1) is 16.8. The van der Waals surface area contributed by atoms with E-state index in [0.717, 1.165) is 19.3 Å². The zero-order chi connectivity index (χ0) is 26.0. The van der Waals surface area contributed by atoms with Crippen molar-refractivity contribution < 1.29 is 75.3 Å². The molecule has 0 aliphatic carbocycles. The summed E-state index contributed by atoms with van der Waals surface area (Å²) in [5, 5.41) is 0. The molecule has 0 bridgehead atoms. The second-order valence-corrected chi connectivity index (χ2v) is 12.0. The Morgan fingerprint density at radius 2 is 0.917 bits per heavy atom. The molecule has 0 heterocycles. The van der Waals surface area contributed by atoms with Crippen LogP contribution in [-0.4, -0.2) is 30.8 Å². The molecule has 0 spiro atoms. The zero-order valence-corrected chi connectivity index (χ0v) is 28.2. The van der Waals surface area contributed by atoms with Crippen molar-refractivity contribution in [3.63, 3.8) is 0 Å². The van der Waals surface area contributed by atoms with Gasteiger partial charge in [0.25, 0.3) is 10.1 Å². The number of hydrogen-bond donors (Lipinski definition) is 1. The van der Waals surface area contributed by atoms with Crippen LogP contribution in [0, 0.1) is 0 Å². The van der Waals surface area contributed by atoms with Crippen LogP contribution in [0.5, 0.6) is 0 Å². The minimum Gasteiger partial charge on any atom is -1.00 e. The van der Waals surface area contributed by atoms with Crippen LogP contribution >= 0.6 is 0 Å². The van der Waals surface area contributed by atoms with Gasteiger partial charge in [-0.05, 0) is 12.8 Å². The molecule has 1 N–H and O–H groups in total. The van der Waals surface area contributed by atoms with E-state index >= 15 is 0 Å². The molecule has 0 aromatic heterocycles. The van der Waals surface area contributed by atoms with Gasteiger partial charge in [0.15, 0.2) is 0 Å². The summed E-state index contributed by atoms with van der Waals surface area (Å²) in [5.41, 5.74) is 0. The predicted molar refractivity (Wildman–Crippen MR) is 150 cm³/mol. The molecular weight excluding hydrogens is 499 g/mol. The van der Waals surface area contributed by atoms with Crippen LogP contribution in [0.1, 0.15) is 169 Å². The normalized spacial score (nSPS) is 12.3. The van der Waals surface area contributed by atoms with Gasteiger partial charge in [0, 0.05) is 6.92 Å². The summed E-state index contributed by atoms with van der Waals surface area (Å²) >= 11 is 0. The van der Waals surface area contributed by atoms with Crippen molar-refractivity contribution in [2.45, 2.75) is 174 Å². The van der Waals surface area contributed by atoms with Crippen LogP contribution in [-0.2, 0) is 19.6 Å². The van der Waals surface area contributed by atoms with Gasteiger partial charge >= 0.3 is 57.4 Å². The third-order valence-corrected chi connectivity index (χ3v) is 7.65. The third-order valence-electron chi connectivity index (χ3n) is 6.86. The van der Waals surface area contributed by atoms with Gasteiger partial charge in [0.1, 0.15) is 11.9 Å². The molecule has 0 rings (SSSR count). The Labute approximate surface area is 268 Å². The molecule has 212 valence electrons. The predicted octanol–water partition coefficient (Wildman–Crippen LogP) is 6.30. The zero-order valence-electron chi connectivity index (χ0n) is 25.2. The Balaban J connectivity index is -0.00000578. The number of hydrogen-bond acceptors (Lipinski definition) is 4. The Morgan fingerprint density at radius 3 is 1.17 bits per heavy atom. The molecular formula is C29H59KO5S. The fourth-order valence-electron chi connectivity index (χ4n) is 4.80. The van der Waals surface area contributed by atoms with E-state index in [4.69, 9.17) is 9.29 Å². The Hall–Kier alpha value is 1.02. The molecule has 0 aromatic rings. The number of carbonyl (C=O) groups excluding carboxylic acids is 1. The average Bonchev–Trinajstić information content (AvgIpc) is 2.78. The maximum atomic E-state index is 11.1. The quantitative estimate of drug-likeness (QED) is 0.0553. The molecule has 1 unspecified atom stereocenters. The van der Waals surface area contributed by atoms with Crippen molar-refractivity contribution in [3.8, 4) is 0 Å². The van der Waals surface area contributed by atoms with E-state index in [9.17, 15) is 13.2 Å². The molecule has 0 fully saturated rings. The molecule has 0 saturated heterocycles. The van der Waals surface area contributed by atoms with Crippen molar-refractivity contribution >= 4 is 16.1 Å². The van der Waals surface area contributed by atoms with Gasteiger partial charge < -0.3 is 6.16 Å². The van der Waals surface area contributed by atoms with Crippen molar-refractivity contribution in [1.82, 2.24) is 0 Å². The second kappa shape index (κ2) is 29.0. The van der Waals surface area contributed by atoms with E-state index in [0.29, 0.717) is 6.42 Å². The number of ether oxygens (including phenoxy) is 1. The largest absolute Gasteiger partial charge is 1.00 e. The van der Waals surface area contributed by atoms with Crippen LogP contribution in [0.25, 0.3) is 0 Å². The second-order valence-electron chi connectivity index (χ2n) is 10.5. The molecule has 1 atom stereocenters. The molecule has 0 amide bonds. The smallest absolute Gasteiger partial charge is 1.00 e. The standard InChI is InChI=1S/C29H58O5S.K.H/c1-3-4-5-6-7-8-9-10-11-12-13-14-15-16-17-18-19-20-21-22-23-24-25-26-29(34-28(2)30)27-35(31,32)33;;/h29H,3-27H2,1-2H3,(H,31,32,33);;/q;+1;-1. The molecule has 7 heteroatoms. The minimum absolute atomic E-state index is 0. The van der Waals surface area contributed by atoms with Crippen molar-refractivity contribution in [1.29, 1.82) is 0 Å². The average molecular weight is 559 g/mol. The van der Waals surface area contributed by atoms with Crippen LogP contribution < -0.4 is 51.4 Å². The van der Waals surface area contributed by atoms with Gasteiger partial charge in [-0.15, -0.1) is 0 Å². The molecule has 36 heavy (non-hydrogen) atoms. The summed E-state index contributed by atoms with van der Waals surface area (Å²) in [4.78, 5) is 11.1.